The van der Waals surface area contributed by atoms with E-state index >= 15 is 0 Å². The van der Waals surface area contributed by atoms with E-state index in [1.807, 2.05) is 42.8 Å². The normalized spacial score (nSPS) is 10.5. The second-order valence-electron chi connectivity index (χ2n) is 6.40. The minimum Gasteiger partial charge on any atom is -0.332 e. The van der Waals surface area contributed by atoms with Crippen molar-refractivity contribution in [2.75, 3.05) is 10.6 Å². The van der Waals surface area contributed by atoms with Crippen molar-refractivity contribution < 1.29 is 4.79 Å². The molecule has 0 unspecified atom stereocenters. The molecule has 8 heteroatoms. The molecule has 0 aliphatic rings. The third-order valence-corrected chi connectivity index (χ3v) is 4.92. The number of amides is 1. The number of thiazole rings is 1. The zero-order chi connectivity index (χ0) is 19.0. The number of nitrogens with one attached hydrogen (secondary N) is 2. The Balaban J connectivity index is 0.00000225. The van der Waals surface area contributed by atoms with E-state index in [0.717, 1.165) is 39.2 Å². The number of imidazole rings is 1. The molecule has 0 atom stereocenters. The maximum absolute atomic E-state index is 11.1. The number of anilines is 3. The number of hydrogen-bond donors (Lipinski definition) is 2. The Morgan fingerprint density at radius 3 is 2.50 bits per heavy atom. The summed E-state index contributed by atoms with van der Waals surface area (Å²) in [5.74, 6) is -0.0844. The first-order chi connectivity index (χ1) is 13.0. The van der Waals surface area contributed by atoms with Crippen molar-refractivity contribution in [2.45, 2.75) is 20.8 Å². The number of halogens is 1. The molecule has 2 N–H and O–H groups in total. The lowest BCUT2D eigenvalue weighted by atomic mass is 10.2. The van der Waals surface area contributed by atoms with Gasteiger partial charge in [0.05, 0.1) is 11.4 Å². The first-order valence-electron chi connectivity index (χ1n) is 8.55. The highest BCUT2D eigenvalue weighted by Gasteiger charge is 2.14. The van der Waals surface area contributed by atoms with Crippen molar-refractivity contribution in [3.63, 3.8) is 0 Å². The summed E-state index contributed by atoms with van der Waals surface area (Å²) in [6.45, 7) is 5.56. The van der Waals surface area contributed by atoms with Gasteiger partial charge in [-0.2, -0.15) is 0 Å². The van der Waals surface area contributed by atoms with Crippen LogP contribution in [0.3, 0.4) is 0 Å². The van der Waals surface area contributed by atoms with Crippen molar-refractivity contribution in [3.8, 4) is 11.4 Å². The Morgan fingerprint density at radius 1 is 1.07 bits per heavy atom. The molecule has 4 aromatic rings. The lowest BCUT2D eigenvalue weighted by Crippen LogP contribution is -2.05. The molecular formula is C20H20BrN5OS. The van der Waals surface area contributed by atoms with Crippen LogP contribution in [0.15, 0.2) is 48.0 Å². The number of pyridine rings is 1. The SMILES string of the molecule is Br.CC(=O)Nc1ccc(Nc2nc(-c3c(C)nc4cc(C)ccn34)cs2)cc1. The predicted octanol–water partition coefficient (Wildman–Crippen LogP) is 5.35. The van der Waals surface area contributed by atoms with Gasteiger partial charge in [0, 0.05) is 29.9 Å². The molecule has 28 heavy (non-hydrogen) atoms. The summed E-state index contributed by atoms with van der Waals surface area (Å²) in [7, 11) is 0. The number of benzene rings is 1. The second-order valence-corrected chi connectivity index (χ2v) is 7.26. The Hall–Kier alpha value is -2.71. The van der Waals surface area contributed by atoms with Crippen LogP contribution in [-0.2, 0) is 4.79 Å². The quantitative estimate of drug-likeness (QED) is 0.432. The Morgan fingerprint density at radius 2 is 1.79 bits per heavy atom. The third kappa shape index (κ3) is 4.07. The summed E-state index contributed by atoms with van der Waals surface area (Å²) < 4.78 is 2.07. The molecular weight excluding hydrogens is 438 g/mol. The van der Waals surface area contributed by atoms with Crippen molar-refractivity contribution in [3.05, 3.63) is 59.2 Å². The van der Waals surface area contributed by atoms with E-state index in [9.17, 15) is 4.79 Å². The zero-order valence-electron chi connectivity index (χ0n) is 15.7. The van der Waals surface area contributed by atoms with Crippen LogP contribution in [0, 0.1) is 13.8 Å². The molecule has 0 aliphatic carbocycles. The van der Waals surface area contributed by atoms with E-state index in [1.165, 1.54) is 12.5 Å². The number of rotatable bonds is 4. The molecule has 0 fully saturated rings. The topological polar surface area (TPSA) is 71.3 Å². The molecule has 1 aromatic carbocycles. The third-order valence-electron chi connectivity index (χ3n) is 4.16. The molecule has 0 saturated heterocycles. The number of aromatic nitrogens is 3. The molecule has 144 valence electrons. The molecule has 0 saturated carbocycles. The van der Waals surface area contributed by atoms with E-state index in [2.05, 4.69) is 39.1 Å². The van der Waals surface area contributed by atoms with Gasteiger partial charge in [-0.05, 0) is 55.8 Å². The van der Waals surface area contributed by atoms with Gasteiger partial charge in [0.2, 0.25) is 5.91 Å². The largest absolute Gasteiger partial charge is 0.332 e. The molecule has 0 spiro atoms. The first kappa shape index (κ1) is 20.0. The molecule has 0 bridgehead atoms. The molecule has 1 amide bonds. The standard InChI is InChI=1S/C20H19N5OS.BrH/c1-12-8-9-25-18(10-12)21-13(2)19(25)17-11-27-20(24-17)23-16-6-4-15(5-7-16)22-14(3)26;/h4-11H,1-3H3,(H,22,26)(H,23,24);1H. The minimum atomic E-state index is -0.0844. The monoisotopic (exact) mass is 457 g/mol. The van der Waals surface area contributed by atoms with Gasteiger partial charge < -0.3 is 10.6 Å². The van der Waals surface area contributed by atoms with Crippen LogP contribution in [0.2, 0.25) is 0 Å². The molecule has 3 aromatic heterocycles. The van der Waals surface area contributed by atoms with Gasteiger partial charge >= 0.3 is 0 Å². The Labute approximate surface area is 177 Å². The summed E-state index contributed by atoms with van der Waals surface area (Å²) in [6, 6.07) is 11.7. The fourth-order valence-electron chi connectivity index (χ4n) is 2.98. The van der Waals surface area contributed by atoms with Gasteiger partial charge in [-0.25, -0.2) is 9.97 Å². The van der Waals surface area contributed by atoms with E-state index in [0.29, 0.717) is 0 Å². The highest BCUT2D eigenvalue weighted by molar-refractivity contribution is 8.93. The first-order valence-corrected chi connectivity index (χ1v) is 9.43. The average molecular weight is 458 g/mol. The maximum atomic E-state index is 11.1. The van der Waals surface area contributed by atoms with Gasteiger partial charge in [0.1, 0.15) is 11.3 Å². The second kappa shape index (κ2) is 8.12. The average Bonchev–Trinajstić information content (AvgIpc) is 3.18. The van der Waals surface area contributed by atoms with Crippen LogP contribution < -0.4 is 10.6 Å². The number of nitrogens with zero attached hydrogens (tertiary/aromatic N) is 3. The fourth-order valence-corrected chi connectivity index (χ4v) is 3.69. The Bertz CT molecular complexity index is 1130. The van der Waals surface area contributed by atoms with Gasteiger partial charge in [-0.15, -0.1) is 28.3 Å². The van der Waals surface area contributed by atoms with Gasteiger partial charge in [0.15, 0.2) is 5.13 Å². The van der Waals surface area contributed by atoms with Crippen LogP contribution in [-0.4, -0.2) is 20.3 Å². The van der Waals surface area contributed by atoms with Crippen molar-refractivity contribution in [2.24, 2.45) is 0 Å². The maximum Gasteiger partial charge on any atom is 0.221 e. The molecule has 6 nitrogen and oxygen atoms in total. The van der Waals surface area contributed by atoms with Crippen LogP contribution in [0.1, 0.15) is 18.2 Å². The van der Waals surface area contributed by atoms with Crippen molar-refractivity contribution >= 4 is 56.4 Å². The van der Waals surface area contributed by atoms with Crippen LogP contribution in [0.25, 0.3) is 17.0 Å². The molecule has 0 aliphatic heterocycles. The van der Waals surface area contributed by atoms with E-state index < -0.39 is 0 Å². The number of hydrogen-bond acceptors (Lipinski definition) is 5. The smallest absolute Gasteiger partial charge is 0.221 e. The summed E-state index contributed by atoms with van der Waals surface area (Å²) in [4.78, 5) is 20.5. The highest BCUT2D eigenvalue weighted by Crippen LogP contribution is 2.30. The van der Waals surface area contributed by atoms with Crippen LogP contribution >= 0.6 is 28.3 Å². The van der Waals surface area contributed by atoms with Crippen LogP contribution in [0.5, 0.6) is 0 Å². The number of fused-ring (bicyclic) bond motifs is 1. The summed E-state index contributed by atoms with van der Waals surface area (Å²) in [5, 5.41) is 8.90. The molecule has 3 heterocycles. The van der Waals surface area contributed by atoms with Crippen molar-refractivity contribution in [1.29, 1.82) is 0 Å². The summed E-state index contributed by atoms with van der Waals surface area (Å²) in [5.41, 5.74) is 6.65. The predicted molar refractivity (Wildman–Crippen MR) is 120 cm³/mol. The number of carbonyl (C=O) groups excluding carboxylic acids is 1. The molecule has 4 rings (SSSR count). The van der Waals surface area contributed by atoms with Gasteiger partial charge in [0.25, 0.3) is 0 Å². The fraction of sp³-hybridized carbons (Fsp3) is 0.150. The van der Waals surface area contributed by atoms with Gasteiger partial charge in [-0.1, -0.05) is 0 Å². The lowest BCUT2D eigenvalue weighted by molar-refractivity contribution is -0.114. The van der Waals surface area contributed by atoms with Crippen LogP contribution in [0.4, 0.5) is 16.5 Å². The van der Waals surface area contributed by atoms with E-state index in [4.69, 9.17) is 4.98 Å². The van der Waals surface area contributed by atoms with E-state index in [-0.39, 0.29) is 22.9 Å². The van der Waals surface area contributed by atoms with Gasteiger partial charge in [-0.3, -0.25) is 9.20 Å². The lowest BCUT2D eigenvalue weighted by Gasteiger charge is -2.05. The zero-order valence-corrected chi connectivity index (χ0v) is 18.2. The minimum absolute atomic E-state index is 0. The Kier molecular flexibility index (Phi) is 5.81. The number of aryl methyl sites for hydroxylation is 2. The summed E-state index contributed by atoms with van der Waals surface area (Å²) >= 11 is 1.54. The van der Waals surface area contributed by atoms with E-state index in [1.54, 1.807) is 11.3 Å². The van der Waals surface area contributed by atoms with Crippen molar-refractivity contribution in [1.82, 2.24) is 14.4 Å². The summed E-state index contributed by atoms with van der Waals surface area (Å²) in [6.07, 6.45) is 2.03. The number of carbonyl (C=O) groups is 1. The highest BCUT2D eigenvalue weighted by atomic mass is 79.9. The molecule has 0 radical (unpaired) electrons.